The Labute approximate surface area is 175 Å². The maximum Gasteiger partial charge on any atom is 0.318 e. The van der Waals surface area contributed by atoms with Crippen molar-refractivity contribution in [2.24, 2.45) is 17.8 Å². The first-order valence-electron chi connectivity index (χ1n) is 11.3. The fourth-order valence-corrected chi connectivity index (χ4v) is 6.92. The van der Waals surface area contributed by atoms with Gasteiger partial charge in [-0.25, -0.2) is 9.18 Å². The smallest absolute Gasteiger partial charge is 0.318 e. The molecular weight excluding hydrogens is 383 g/mol. The summed E-state index contributed by atoms with van der Waals surface area (Å²) in [4.78, 5) is 19.7. The van der Waals surface area contributed by atoms with Gasteiger partial charge in [0.1, 0.15) is 11.9 Å². The number of halogens is 1. The fraction of sp³-hybridized carbons (Fsp3) is 0.609. The van der Waals surface area contributed by atoms with E-state index in [4.69, 9.17) is 4.52 Å². The van der Waals surface area contributed by atoms with E-state index < -0.39 is 0 Å². The third-order valence-corrected chi connectivity index (χ3v) is 7.75. The lowest BCUT2D eigenvalue weighted by atomic mass is 9.53. The number of rotatable bonds is 3. The molecule has 0 spiro atoms. The van der Waals surface area contributed by atoms with Crippen LogP contribution in [0.3, 0.4) is 0 Å². The summed E-state index contributed by atoms with van der Waals surface area (Å²) in [5.74, 6) is 2.97. The molecule has 1 atom stereocenters. The van der Waals surface area contributed by atoms with Crippen LogP contribution in [0.5, 0.6) is 0 Å². The zero-order chi connectivity index (χ0) is 20.3. The SMILES string of the molecule is O=C(NC12CC3CC(CC(C3)C1)C2)N1CCC[C@H]1c1nc(-c2ccc(F)cc2)no1. The molecular formula is C23H27FN4O2. The summed E-state index contributed by atoms with van der Waals surface area (Å²) < 4.78 is 18.7. The Hall–Kier alpha value is -2.44. The van der Waals surface area contributed by atoms with Crippen molar-refractivity contribution in [1.82, 2.24) is 20.4 Å². The number of likely N-dealkylation sites (tertiary alicyclic amines) is 1. The molecule has 7 rings (SSSR count). The van der Waals surface area contributed by atoms with Crippen molar-refractivity contribution in [2.45, 2.75) is 62.9 Å². The van der Waals surface area contributed by atoms with Crippen molar-refractivity contribution in [3.8, 4) is 11.4 Å². The van der Waals surface area contributed by atoms with Gasteiger partial charge in [-0.05, 0) is 93.4 Å². The molecule has 158 valence electrons. The van der Waals surface area contributed by atoms with E-state index in [2.05, 4.69) is 15.5 Å². The van der Waals surface area contributed by atoms with E-state index >= 15 is 0 Å². The number of urea groups is 1. The lowest BCUT2D eigenvalue weighted by Gasteiger charge is -2.57. The van der Waals surface area contributed by atoms with Gasteiger partial charge in [-0.2, -0.15) is 4.98 Å². The molecule has 7 heteroatoms. The number of carbonyl (C=O) groups is 1. The molecule has 1 saturated heterocycles. The number of nitrogens with zero attached hydrogens (tertiary/aromatic N) is 3. The molecule has 30 heavy (non-hydrogen) atoms. The molecule has 5 fully saturated rings. The Morgan fingerprint density at radius 1 is 1.10 bits per heavy atom. The molecule has 1 N–H and O–H groups in total. The summed E-state index contributed by atoms with van der Waals surface area (Å²) in [6.07, 6.45) is 9.23. The molecule has 4 bridgehead atoms. The average Bonchev–Trinajstić information content (AvgIpc) is 3.36. The molecule has 4 saturated carbocycles. The summed E-state index contributed by atoms with van der Waals surface area (Å²) in [5, 5.41) is 7.53. The molecule has 2 amide bonds. The van der Waals surface area contributed by atoms with Crippen molar-refractivity contribution >= 4 is 6.03 Å². The van der Waals surface area contributed by atoms with Gasteiger partial charge in [-0.15, -0.1) is 0 Å². The molecule has 2 aromatic rings. The minimum atomic E-state index is -0.300. The Kier molecular flexibility index (Phi) is 4.15. The highest BCUT2D eigenvalue weighted by Crippen LogP contribution is 2.55. The summed E-state index contributed by atoms with van der Waals surface area (Å²) in [7, 11) is 0. The molecule has 0 radical (unpaired) electrons. The van der Waals surface area contributed by atoms with Gasteiger partial charge >= 0.3 is 6.03 Å². The standard InChI is InChI=1S/C23H27FN4O2/c24-18-5-3-17(4-6-18)20-25-21(30-27-20)19-2-1-7-28(19)22(29)26-23-11-14-8-15(12-23)10-16(9-14)13-23/h3-6,14-16,19H,1-2,7-13H2,(H,26,29)/t14?,15?,16?,19-,23?/m0/s1. The molecule has 0 unspecified atom stereocenters. The predicted octanol–water partition coefficient (Wildman–Crippen LogP) is 4.69. The predicted molar refractivity (Wildman–Crippen MR) is 108 cm³/mol. The van der Waals surface area contributed by atoms with Crippen molar-refractivity contribution in [2.75, 3.05) is 6.54 Å². The fourth-order valence-electron chi connectivity index (χ4n) is 6.92. The van der Waals surface area contributed by atoms with E-state index in [0.29, 0.717) is 23.8 Å². The van der Waals surface area contributed by atoms with Gasteiger partial charge in [0.25, 0.3) is 0 Å². The number of nitrogens with one attached hydrogen (secondary N) is 1. The van der Waals surface area contributed by atoms with E-state index in [-0.39, 0.29) is 23.4 Å². The first-order chi connectivity index (χ1) is 14.6. The Morgan fingerprint density at radius 2 is 1.77 bits per heavy atom. The zero-order valence-corrected chi connectivity index (χ0v) is 17.0. The monoisotopic (exact) mass is 410 g/mol. The topological polar surface area (TPSA) is 71.3 Å². The van der Waals surface area contributed by atoms with Gasteiger partial charge in [0.2, 0.25) is 11.7 Å². The maximum atomic E-state index is 13.3. The third kappa shape index (κ3) is 3.10. The van der Waals surface area contributed by atoms with E-state index in [1.54, 1.807) is 12.1 Å². The van der Waals surface area contributed by atoms with Crippen LogP contribution in [0, 0.1) is 23.6 Å². The largest absolute Gasteiger partial charge is 0.337 e. The van der Waals surface area contributed by atoms with Gasteiger partial charge in [0.15, 0.2) is 0 Å². The molecule has 2 heterocycles. The third-order valence-electron chi connectivity index (χ3n) is 7.75. The van der Waals surface area contributed by atoms with Crippen LogP contribution in [0.25, 0.3) is 11.4 Å². The van der Waals surface area contributed by atoms with E-state index in [1.165, 1.54) is 31.4 Å². The quantitative estimate of drug-likeness (QED) is 0.797. The highest BCUT2D eigenvalue weighted by Gasteiger charge is 2.52. The number of hydrogen-bond acceptors (Lipinski definition) is 4. The van der Waals surface area contributed by atoms with Crippen molar-refractivity contribution in [1.29, 1.82) is 0 Å². The Morgan fingerprint density at radius 3 is 2.43 bits per heavy atom. The number of aromatic nitrogens is 2. The lowest BCUT2D eigenvalue weighted by molar-refractivity contribution is -0.0160. The molecule has 4 aliphatic carbocycles. The normalized spacial score (nSPS) is 34.5. The second-order valence-corrected chi connectivity index (χ2v) is 9.94. The van der Waals surface area contributed by atoms with Gasteiger partial charge in [-0.3, -0.25) is 0 Å². The highest BCUT2D eigenvalue weighted by atomic mass is 19.1. The van der Waals surface area contributed by atoms with Crippen LogP contribution in [0.2, 0.25) is 0 Å². The Bertz CT molecular complexity index is 921. The minimum Gasteiger partial charge on any atom is -0.337 e. The minimum absolute atomic E-state index is 0.00686. The van der Waals surface area contributed by atoms with E-state index in [9.17, 15) is 9.18 Å². The molecule has 1 aromatic heterocycles. The van der Waals surface area contributed by atoms with E-state index in [1.807, 2.05) is 4.90 Å². The number of hydrogen-bond donors (Lipinski definition) is 1. The van der Waals surface area contributed by atoms with Crippen LogP contribution in [-0.4, -0.2) is 33.2 Å². The summed E-state index contributed by atoms with van der Waals surface area (Å²) >= 11 is 0. The van der Waals surface area contributed by atoms with Crippen LogP contribution in [0.15, 0.2) is 28.8 Å². The number of amides is 2. The summed E-state index contributed by atoms with van der Waals surface area (Å²) in [5.41, 5.74) is 0.696. The van der Waals surface area contributed by atoms with Gasteiger partial charge in [0, 0.05) is 17.6 Å². The molecule has 1 aromatic carbocycles. The van der Waals surface area contributed by atoms with E-state index in [0.717, 1.165) is 49.9 Å². The highest BCUT2D eigenvalue weighted by molar-refractivity contribution is 5.76. The van der Waals surface area contributed by atoms with Crippen LogP contribution in [-0.2, 0) is 0 Å². The van der Waals surface area contributed by atoms with Crippen LogP contribution < -0.4 is 5.32 Å². The summed E-state index contributed by atoms with van der Waals surface area (Å²) in [6.45, 7) is 0.705. The Balaban J connectivity index is 1.19. The first-order valence-corrected chi connectivity index (χ1v) is 11.3. The van der Waals surface area contributed by atoms with Crippen LogP contribution in [0.4, 0.5) is 9.18 Å². The second kappa shape index (κ2) is 6.79. The van der Waals surface area contributed by atoms with Gasteiger partial charge in [0.05, 0.1) is 0 Å². The van der Waals surface area contributed by atoms with Crippen molar-refractivity contribution in [3.05, 3.63) is 36.0 Å². The van der Waals surface area contributed by atoms with Crippen molar-refractivity contribution in [3.63, 3.8) is 0 Å². The average molecular weight is 410 g/mol. The number of benzene rings is 1. The summed E-state index contributed by atoms with van der Waals surface area (Å²) in [6, 6.07) is 5.85. The lowest BCUT2D eigenvalue weighted by Crippen LogP contribution is -2.61. The number of carbonyl (C=O) groups excluding carboxylic acids is 1. The van der Waals surface area contributed by atoms with Gasteiger partial charge < -0.3 is 14.7 Å². The molecule has 5 aliphatic rings. The van der Waals surface area contributed by atoms with Gasteiger partial charge in [-0.1, -0.05) is 5.16 Å². The van der Waals surface area contributed by atoms with Crippen LogP contribution in [0.1, 0.15) is 63.3 Å². The molecule has 1 aliphatic heterocycles. The maximum absolute atomic E-state index is 13.3. The molecule has 6 nitrogen and oxygen atoms in total. The van der Waals surface area contributed by atoms with Crippen molar-refractivity contribution < 1.29 is 13.7 Å². The van der Waals surface area contributed by atoms with Crippen LogP contribution >= 0.6 is 0 Å². The second-order valence-electron chi connectivity index (χ2n) is 9.94. The zero-order valence-electron chi connectivity index (χ0n) is 17.0. The first kappa shape index (κ1) is 18.3.